The Hall–Kier alpha value is -0.0800. The molecule has 3 fully saturated rings. The third-order valence-electron chi connectivity index (χ3n) is 5.40. The summed E-state index contributed by atoms with van der Waals surface area (Å²) in [7, 11) is 0. The third kappa shape index (κ3) is 1.91. The van der Waals surface area contributed by atoms with E-state index in [4.69, 9.17) is 5.73 Å². The van der Waals surface area contributed by atoms with Crippen molar-refractivity contribution in [3.63, 3.8) is 0 Å². The zero-order valence-corrected chi connectivity index (χ0v) is 10.4. The number of fused-ring (bicyclic) bond motifs is 1. The number of hydrogen-bond acceptors (Lipinski definition) is 2. The Labute approximate surface area is 99.6 Å². The van der Waals surface area contributed by atoms with Gasteiger partial charge in [-0.3, -0.25) is 4.90 Å². The lowest BCUT2D eigenvalue weighted by Crippen LogP contribution is -2.44. The summed E-state index contributed by atoms with van der Waals surface area (Å²) in [4.78, 5) is 2.81. The summed E-state index contributed by atoms with van der Waals surface area (Å²) in [6.45, 7) is 3.70. The Morgan fingerprint density at radius 2 is 1.56 bits per heavy atom. The predicted molar refractivity (Wildman–Crippen MR) is 67.2 cm³/mol. The maximum atomic E-state index is 5.95. The molecular formula is C14H26N2. The molecular weight excluding hydrogens is 196 g/mol. The molecule has 1 heterocycles. The van der Waals surface area contributed by atoms with Gasteiger partial charge in [-0.15, -0.1) is 0 Å². The number of rotatable bonds is 2. The number of nitrogens with two attached hydrogens (primary N) is 1. The Morgan fingerprint density at radius 3 is 2.25 bits per heavy atom. The first-order valence-corrected chi connectivity index (χ1v) is 7.32. The zero-order chi connectivity index (χ0) is 11.0. The summed E-state index contributed by atoms with van der Waals surface area (Å²) in [6.07, 6.45) is 10.1. The van der Waals surface area contributed by atoms with E-state index in [1.165, 1.54) is 58.0 Å². The third-order valence-corrected chi connectivity index (χ3v) is 5.40. The molecule has 0 spiro atoms. The Bertz CT molecular complexity index is 229. The lowest BCUT2D eigenvalue weighted by molar-refractivity contribution is 0.123. The van der Waals surface area contributed by atoms with E-state index in [9.17, 15) is 0 Å². The van der Waals surface area contributed by atoms with Gasteiger partial charge in [0.05, 0.1) is 0 Å². The van der Waals surface area contributed by atoms with E-state index in [0.29, 0.717) is 0 Å². The van der Waals surface area contributed by atoms with Crippen LogP contribution in [0.25, 0.3) is 0 Å². The van der Waals surface area contributed by atoms with Gasteiger partial charge in [0.15, 0.2) is 0 Å². The maximum absolute atomic E-state index is 5.95. The van der Waals surface area contributed by atoms with Crippen LogP contribution >= 0.6 is 0 Å². The van der Waals surface area contributed by atoms with Gasteiger partial charge in [-0.2, -0.15) is 0 Å². The minimum absolute atomic E-state index is 0.799. The van der Waals surface area contributed by atoms with Gasteiger partial charge in [0.1, 0.15) is 0 Å². The zero-order valence-electron chi connectivity index (χ0n) is 10.4. The van der Waals surface area contributed by atoms with Crippen molar-refractivity contribution < 1.29 is 0 Å². The maximum Gasteiger partial charge on any atom is 0.0136 e. The van der Waals surface area contributed by atoms with E-state index in [1.54, 1.807) is 0 Å². The molecule has 1 aliphatic heterocycles. The van der Waals surface area contributed by atoms with Crippen molar-refractivity contribution >= 4 is 0 Å². The molecule has 4 atom stereocenters. The van der Waals surface area contributed by atoms with E-state index in [1.807, 2.05) is 0 Å². The van der Waals surface area contributed by atoms with Crippen LogP contribution in [0.3, 0.4) is 0 Å². The first kappa shape index (κ1) is 11.0. The minimum Gasteiger partial charge on any atom is -0.330 e. The van der Waals surface area contributed by atoms with Crippen LogP contribution in [-0.4, -0.2) is 30.6 Å². The van der Waals surface area contributed by atoms with Gasteiger partial charge in [-0.25, -0.2) is 0 Å². The number of nitrogens with zero attached hydrogens (tertiary/aromatic N) is 1. The van der Waals surface area contributed by atoms with Crippen LogP contribution in [0.4, 0.5) is 0 Å². The molecule has 2 saturated carbocycles. The Morgan fingerprint density at radius 1 is 0.875 bits per heavy atom. The predicted octanol–water partition coefficient (Wildman–Crippen LogP) is 2.24. The van der Waals surface area contributed by atoms with Gasteiger partial charge >= 0.3 is 0 Å². The molecule has 1 saturated heterocycles. The highest BCUT2D eigenvalue weighted by Crippen LogP contribution is 2.41. The van der Waals surface area contributed by atoms with Crippen LogP contribution in [0.1, 0.15) is 44.9 Å². The molecule has 0 radical (unpaired) electrons. The molecule has 92 valence electrons. The number of hydrogen-bond donors (Lipinski definition) is 1. The molecule has 2 aliphatic carbocycles. The molecule has 0 bridgehead atoms. The molecule has 3 rings (SSSR count). The first-order valence-electron chi connectivity index (χ1n) is 7.32. The number of likely N-dealkylation sites (tertiary alicyclic amines) is 1. The van der Waals surface area contributed by atoms with Crippen molar-refractivity contribution in [3.8, 4) is 0 Å². The average molecular weight is 222 g/mol. The molecule has 2 heteroatoms. The molecule has 4 unspecified atom stereocenters. The fourth-order valence-electron chi connectivity index (χ4n) is 4.49. The van der Waals surface area contributed by atoms with Crippen molar-refractivity contribution in [3.05, 3.63) is 0 Å². The highest BCUT2D eigenvalue weighted by molar-refractivity contribution is 4.94. The second kappa shape index (κ2) is 4.66. The molecule has 2 nitrogen and oxygen atoms in total. The Balaban J connectivity index is 1.64. The lowest BCUT2D eigenvalue weighted by atomic mass is 9.83. The van der Waals surface area contributed by atoms with Crippen molar-refractivity contribution in [1.29, 1.82) is 0 Å². The molecule has 3 aliphatic rings. The van der Waals surface area contributed by atoms with Crippen molar-refractivity contribution in [2.75, 3.05) is 19.6 Å². The molecule has 0 aromatic carbocycles. The second-order valence-electron chi connectivity index (χ2n) is 6.25. The van der Waals surface area contributed by atoms with Crippen LogP contribution in [0, 0.1) is 17.8 Å². The minimum atomic E-state index is 0.799. The van der Waals surface area contributed by atoms with Crippen molar-refractivity contribution in [2.45, 2.75) is 51.0 Å². The first-order chi connectivity index (χ1) is 7.88. The van der Waals surface area contributed by atoms with Gasteiger partial charge in [0, 0.05) is 19.1 Å². The molecule has 16 heavy (non-hydrogen) atoms. The van der Waals surface area contributed by atoms with Crippen LogP contribution in [-0.2, 0) is 0 Å². The molecule has 0 aromatic rings. The van der Waals surface area contributed by atoms with Gasteiger partial charge in [0.2, 0.25) is 0 Å². The summed E-state index contributed by atoms with van der Waals surface area (Å²) in [5.74, 6) is 2.88. The van der Waals surface area contributed by atoms with Gasteiger partial charge in [-0.1, -0.05) is 19.3 Å². The monoisotopic (exact) mass is 222 g/mol. The smallest absolute Gasteiger partial charge is 0.0136 e. The van der Waals surface area contributed by atoms with Crippen molar-refractivity contribution in [2.24, 2.45) is 23.5 Å². The normalized spacial score (nSPS) is 44.8. The molecule has 2 N–H and O–H groups in total. The Kier molecular flexibility index (Phi) is 3.21. The molecule has 0 aromatic heterocycles. The van der Waals surface area contributed by atoms with E-state index in [-0.39, 0.29) is 0 Å². The van der Waals surface area contributed by atoms with E-state index in [0.717, 1.165) is 30.3 Å². The lowest BCUT2D eigenvalue weighted by Gasteiger charge is -2.38. The van der Waals surface area contributed by atoms with Crippen LogP contribution in [0.5, 0.6) is 0 Å². The van der Waals surface area contributed by atoms with Crippen molar-refractivity contribution in [1.82, 2.24) is 4.90 Å². The topological polar surface area (TPSA) is 29.3 Å². The van der Waals surface area contributed by atoms with Gasteiger partial charge in [-0.05, 0) is 50.0 Å². The van der Waals surface area contributed by atoms with Gasteiger partial charge < -0.3 is 5.73 Å². The van der Waals surface area contributed by atoms with Gasteiger partial charge in [0.25, 0.3) is 0 Å². The fraction of sp³-hybridized carbons (Fsp3) is 1.00. The second-order valence-corrected chi connectivity index (χ2v) is 6.25. The highest BCUT2D eigenvalue weighted by atomic mass is 15.2. The summed E-state index contributed by atoms with van der Waals surface area (Å²) >= 11 is 0. The summed E-state index contributed by atoms with van der Waals surface area (Å²) in [6, 6.07) is 0.837. The average Bonchev–Trinajstić information content (AvgIpc) is 2.89. The van der Waals surface area contributed by atoms with E-state index in [2.05, 4.69) is 4.90 Å². The van der Waals surface area contributed by atoms with Crippen LogP contribution < -0.4 is 5.73 Å². The highest BCUT2D eigenvalue weighted by Gasteiger charge is 2.40. The van der Waals surface area contributed by atoms with Crippen LogP contribution in [0.15, 0.2) is 0 Å². The standard InChI is InChI=1S/C14H26N2/c15-8-11-4-1-2-7-14(11)16-9-12-5-3-6-13(12)10-16/h11-14H,1-10,15H2. The largest absolute Gasteiger partial charge is 0.330 e. The quantitative estimate of drug-likeness (QED) is 0.776. The SMILES string of the molecule is NCC1CCCCC1N1CC2CCCC2C1. The fourth-order valence-corrected chi connectivity index (χ4v) is 4.49. The molecule has 0 amide bonds. The van der Waals surface area contributed by atoms with E-state index < -0.39 is 0 Å². The van der Waals surface area contributed by atoms with E-state index >= 15 is 0 Å². The summed E-state index contributed by atoms with van der Waals surface area (Å²) in [5.41, 5.74) is 5.95. The summed E-state index contributed by atoms with van der Waals surface area (Å²) in [5, 5.41) is 0. The summed E-state index contributed by atoms with van der Waals surface area (Å²) < 4.78 is 0. The van der Waals surface area contributed by atoms with Crippen LogP contribution in [0.2, 0.25) is 0 Å².